The molecule has 0 radical (unpaired) electrons. The van der Waals surface area contributed by atoms with Crippen molar-refractivity contribution in [3.63, 3.8) is 0 Å². The van der Waals surface area contributed by atoms with Crippen LogP contribution in [-0.4, -0.2) is 13.0 Å². The fraction of sp³-hybridized carbons (Fsp3) is 0.188. The number of hydrogen-bond acceptors (Lipinski definition) is 4. The van der Waals surface area contributed by atoms with E-state index in [0.717, 1.165) is 21.2 Å². The lowest BCUT2D eigenvalue weighted by Crippen LogP contribution is -2.23. The number of anilines is 2. The number of nitrogens with one attached hydrogen (secondary N) is 3. The second-order valence-electron chi connectivity index (χ2n) is 5.15. The van der Waals surface area contributed by atoms with Gasteiger partial charge in [-0.1, -0.05) is 0 Å². The van der Waals surface area contributed by atoms with E-state index in [9.17, 15) is 9.18 Å². The monoisotopic (exact) mass is 427 g/mol. The summed E-state index contributed by atoms with van der Waals surface area (Å²) in [5.74, 6) is -0.746. The molecule has 0 saturated carbocycles. The zero-order valence-electron chi connectivity index (χ0n) is 12.4. The zero-order chi connectivity index (χ0) is 16.4. The van der Waals surface area contributed by atoms with E-state index < -0.39 is 0 Å². The summed E-state index contributed by atoms with van der Waals surface area (Å²) in [6.45, 7) is 1.44. The van der Waals surface area contributed by atoms with Gasteiger partial charge in [0.05, 0.1) is 24.0 Å². The Kier molecular flexibility index (Phi) is 4.79. The first-order valence-electron chi connectivity index (χ1n) is 7.00. The van der Waals surface area contributed by atoms with Crippen molar-refractivity contribution in [1.82, 2.24) is 10.8 Å². The predicted molar refractivity (Wildman–Crippen MR) is 93.9 cm³/mol. The third-order valence-electron chi connectivity index (χ3n) is 3.61. The molecule has 7 heteroatoms. The van der Waals surface area contributed by atoms with Gasteiger partial charge in [-0.05, 0) is 64.0 Å². The molecule has 120 valence electrons. The number of halogens is 2. The number of hydroxylamine groups is 1. The number of benzene rings is 2. The average Bonchev–Trinajstić information content (AvgIpc) is 2.96. The van der Waals surface area contributed by atoms with Gasteiger partial charge in [-0.2, -0.15) is 0 Å². The molecule has 2 aromatic carbocycles. The summed E-state index contributed by atoms with van der Waals surface area (Å²) < 4.78 is 14.9. The summed E-state index contributed by atoms with van der Waals surface area (Å²) in [6, 6.07) is 8.57. The molecule has 2 aromatic rings. The summed E-state index contributed by atoms with van der Waals surface area (Å²) in [5.41, 5.74) is 5.73. The Labute approximate surface area is 146 Å². The second-order valence-corrected chi connectivity index (χ2v) is 6.40. The van der Waals surface area contributed by atoms with E-state index in [1.807, 2.05) is 28.7 Å². The Morgan fingerprint density at radius 2 is 1.96 bits per heavy atom. The molecule has 0 atom stereocenters. The van der Waals surface area contributed by atoms with Crippen LogP contribution in [-0.2, 0) is 17.9 Å². The van der Waals surface area contributed by atoms with E-state index in [1.54, 1.807) is 18.2 Å². The van der Waals surface area contributed by atoms with Gasteiger partial charge < -0.3 is 10.6 Å². The van der Waals surface area contributed by atoms with E-state index >= 15 is 0 Å². The highest BCUT2D eigenvalue weighted by Crippen LogP contribution is 2.29. The van der Waals surface area contributed by atoms with Gasteiger partial charge in [0.15, 0.2) is 0 Å². The van der Waals surface area contributed by atoms with Crippen LogP contribution in [0.3, 0.4) is 0 Å². The maximum absolute atomic E-state index is 14.1. The van der Waals surface area contributed by atoms with E-state index in [4.69, 9.17) is 4.84 Å². The molecule has 3 rings (SSSR count). The minimum absolute atomic E-state index is 0.322. The Balaban J connectivity index is 2.01. The smallest absolute Gasteiger partial charge is 0.276 e. The first-order chi connectivity index (χ1) is 11.1. The van der Waals surface area contributed by atoms with E-state index in [0.29, 0.717) is 23.5 Å². The molecular weight excluding hydrogens is 412 g/mol. The van der Waals surface area contributed by atoms with Crippen LogP contribution in [0.25, 0.3) is 0 Å². The van der Waals surface area contributed by atoms with Crippen molar-refractivity contribution >= 4 is 39.9 Å². The van der Waals surface area contributed by atoms with Crippen LogP contribution in [0, 0.1) is 9.39 Å². The molecule has 0 spiro atoms. The fourth-order valence-electron chi connectivity index (χ4n) is 2.53. The zero-order valence-corrected chi connectivity index (χ0v) is 14.5. The standard InChI is InChI=1S/C16H15FIN3O2/c1-23-21-16(22)12-4-9-7-19-8-10(9)5-15(12)20-14-3-2-11(18)6-13(14)17/h2-6,19-20H,7-8H2,1H3,(H,21,22). The molecule has 23 heavy (non-hydrogen) atoms. The second kappa shape index (κ2) is 6.81. The van der Waals surface area contributed by atoms with Gasteiger partial charge in [0, 0.05) is 16.7 Å². The van der Waals surface area contributed by atoms with E-state index in [2.05, 4.69) is 16.1 Å². The molecule has 0 aliphatic carbocycles. The molecule has 1 heterocycles. The van der Waals surface area contributed by atoms with Crippen molar-refractivity contribution in [2.45, 2.75) is 13.1 Å². The van der Waals surface area contributed by atoms with Gasteiger partial charge in [-0.25, -0.2) is 9.87 Å². The predicted octanol–water partition coefficient (Wildman–Crippen LogP) is 3.07. The lowest BCUT2D eigenvalue weighted by Gasteiger charge is -2.14. The lowest BCUT2D eigenvalue weighted by atomic mass is 10.0. The van der Waals surface area contributed by atoms with Gasteiger partial charge in [0.1, 0.15) is 5.82 Å². The summed E-state index contributed by atoms with van der Waals surface area (Å²) in [5, 5.41) is 6.24. The molecule has 0 aromatic heterocycles. The van der Waals surface area contributed by atoms with E-state index in [1.165, 1.54) is 13.2 Å². The molecule has 3 N–H and O–H groups in total. The quantitative estimate of drug-likeness (QED) is 0.519. The largest absolute Gasteiger partial charge is 0.352 e. The molecule has 1 aliphatic rings. The molecule has 0 unspecified atom stereocenters. The fourth-order valence-corrected chi connectivity index (χ4v) is 2.98. The lowest BCUT2D eigenvalue weighted by molar-refractivity contribution is 0.0538. The van der Waals surface area contributed by atoms with Crippen LogP contribution in [0.5, 0.6) is 0 Å². The molecular formula is C16H15FIN3O2. The van der Waals surface area contributed by atoms with Crippen molar-refractivity contribution in [3.8, 4) is 0 Å². The number of amides is 1. The minimum atomic E-state index is -0.379. The van der Waals surface area contributed by atoms with Crippen molar-refractivity contribution in [1.29, 1.82) is 0 Å². The Morgan fingerprint density at radius 3 is 2.65 bits per heavy atom. The number of hydrogen-bond donors (Lipinski definition) is 3. The number of fused-ring (bicyclic) bond motifs is 1. The SMILES string of the molecule is CONC(=O)c1cc2c(cc1Nc1ccc(I)cc1F)CNC2. The third-order valence-corrected chi connectivity index (χ3v) is 4.28. The molecule has 5 nitrogen and oxygen atoms in total. The van der Waals surface area contributed by atoms with Crippen LogP contribution < -0.4 is 16.1 Å². The van der Waals surface area contributed by atoms with Crippen molar-refractivity contribution in [2.75, 3.05) is 12.4 Å². The van der Waals surface area contributed by atoms with Crippen molar-refractivity contribution in [3.05, 3.63) is 56.4 Å². The molecule has 1 aliphatic heterocycles. The minimum Gasteiger partial charge on any atom is -0.352 e. The maximum atomic E-state index is 14.1. The summed E-state index contributed by atoms with van der Waals surface area (Å²) in [6.07, 6.45) is 0. The van der Waals surface area contributed by atoms with Crippen LogP contribution >= 0.6 is 22.6 Å². The Bertz CT molecular complexity index is 767. The molecule has 0 fully saturated rings. The number of carbonyl (C=O) groups excluding carboxylic acids is 1. The summed E-state index contributed by atoms with van der Waals surface area (Å²) >= 11 is 2.05. The van der Waals surface area contributed by atoms with Crippen LogP contribution in [0.1, 0.15) is 21.5 Å². The topological polar surface area (TPSA) is 62.4 Å². The van der Waals surface area contributed by atoms with Crippen molar-refractivity contribution < 1.29 is 14.0 Å². The Morgan fingerprint density at radius 1 is 1.22 bits per heavy atom. The highest BCUT2D eigenvalue weighted by atomic mass is 127. The van der Waals surface area contributed by atoms with Crippen molar-refractivity contribution in [2.24, 2.45) is 0 Å². The summed E-state index contributed by atoms with van der Waals surface area (Å²) in [7, 11) is 1.37. The summed E-state index contributed by atoms with van der Waals surface area (Å²) in [4.78, 5) is 16.9. The van der Waals surface area contributed by atoms with Gasteiger partial charge in [-0.3, -0.25) is 9.63 Å². The van der Waals surface area contributed by atoms with Crippen LogP contribution in [0.4, 0.5) is 15.8 Å². The number of carbonyl (C=O) groups is 1. The van der Waals surface area contributed by atoms with Gasteiger partial charge >= 0.3 is 0 Å². The van der Waals surface area contributed by atoms with Crippen LogP contribution in [0.15, 0.2) is 30.3 Å². The molecule has 0 bridgehead atoms. The molecule has 1 amide bonds. The normalized spacial score (nSPS) is 12.8. The third kappa shape index (κ3) is 3.46. The molecule has 0 saturated heterocycles. The van der Waals surface area contributed by atoms with Gasteiger partial charge in [0.2, 0.25) is 0 Å². The average molecular weight is 427 g/mol. The van der Waals surface area contributed by atoms with Gasteiger partial charge in [-0.15, -0.1) is 0 Å². The highest BCUT2D eigenvalue weighted by Gasteiger charge is 2.19. The number of rotatable bonds is 4. The Hall–Kier alpha value is -1.71. The van der Waals surface area contributed by atoms with Crippen LogP contribution in [0.2, 0.25) is 0 Å². The van der Waals surface area contributed by atoms with E-state index in [-0.39, 0.29) is 11.7 Å². The first kappa shape index (κ1) is 16.2. The first-order valence-corrected chi connectivity index (χ1v) is 8.08. The highest BCUT2D eigenvalue weighted by molar-refractivity contribution is 14.1. The van der Waals surface area contributed by atoms with Gasteiger partial charge in [0.25, 0.3) is 5.91 Å². The maximum Gasteiger partial charge on any atom is 0.276 e.